The van der Waals surface area contributed by atoms with Crippen molar-refractivity contribution in [1.82, 2.24) is 14.9 Å². The van der Waals surface area contributed by atoms with Crippen molar-refractivity contribution < 1.29 is 8.42 Å². The molecule has 0 aliphatic carbocycles. The normalized spacial score (nSPS) is 21.5. The van der Waals surface area contributed by atoms with Gasteiger partial charge in [0.15, 0.2) is 0 Å². The predicted molar refractivity (Wildman–Crippen MR) is 93.8 cm³/mol. The third-order valence-corrected chi connectivity index (χ3v) is 5.98. The van der Waals surface area contributed by atoms with Crippen LogP contribution in [-0.4, -0.2) is 46.5 Å². The summed E-state index contributed by atoms with van der Waals surface area (Å²) in [5, 5.41) is 3.43. The van der Waals surface area contributed by atoms with Gasteiger partial charge in [-0.05, 0) is 56.6 Å². The van der Waals surface area contributed by atoms with Crippen LogP contribution < -0.4 is 10.0 Å². The first-order valence-corrected chi connectivity index (χ1v) is 9.66. The van der Waals surface area contributed by atoms with Crippen LogP contribution in [0, 0.1) is 5.41 Å². The molecule has 1 aliphatic heterocycles. The molecule has 1 fully saturated rings. The van der Waals surface area contributed by atoms with Gasteiger partial charge in [0.05, 0.1) is 4.90 Å². The van der Waals surface area contributed by atoms with Crippen LogP contribution in [0.25, 0.3) is 0 Å². The van der Waals surface area contributed by atoms with Gasteiger partial charge in [0.2, 0.25) is 10.0 Å². The molecule has 6 heteroatoms. The number of piperidine rings is 1. The van der Waals surface area contributed by atoms with E-state index in [1.54, 1.807) is 12.1 Å². The number of rotatable bonds is 6. The molecular formula is C17H29N3O2S. The molecule has 130 valence electrons. The minimum atomic E-state index is -3.46. The summed E-state index contributed by atoms with van der Waals surface area (Å²) in [7, 11) is 0.524. The Hall–Kier alpha value is -0.950. The molecule has 0 spiro atoms. The molecule has 0 radical (unpaired) electrons. The smallest absolute Gasteiger partial charge is 0.240 e. The second-order valence-electron chi connectivity index (χ2n) is 7.33. The van der Waals surface area contributed by atoms with Gasteiger partial charge < -0.3 is 10.2 Å². The van der Waals surface area contributed by atoms with Gasteiger partial charge in [-0.25, -0.2) is 13.1 Å². The van der Waals surface area contributed by atoms with Gasteiger partial charge in [-0.2, -0.15) is 0 Å². The molecule has 23 heavy (non-hydrogen) atoms. The monoisotopic (exact) mass is 339 g/mol. The average molecular weight is 340 g/mol. The molecule has 0 saturated carbocycles. The predicted octanol–water partition coefficient (Wildman–Crippen LogP) is 1.80. The highest BCUT2D eigenvalue weighted by Crippen LogP contribution is 2.29. The number of sulfonamides is 1. The van der Waals surface area contributed by atoms with E-state index in [-0.39, 0.29) is 11.5 Å². The molecule has 0 amide bonds. The van der Waals surface area contributed by atoms with Crippen molar-refractivity contribution >= 4 is 10.0 Å². The summed E-state index contributed by atoms with van der Waals surface area (Å²) in [6, 6.07) is 7.27. The SMILES string of the molecule is CN(C)Cc1ccc(S(=O)(=O)NCC2NCCCC2(C)C)cc1. The van der Waals surface area contributed by atoms with Crippen molar-refractivity contribution in [3.63, 3.8) is 0 Å². The van der Waals surface area contributed by atoms with Gasteiger partial charge in [0, 0.05) is 19.1 Å². The fraction of sp³-hybridized carbons (Fsp3) is 0.647. The fourth-order valence-corrected chi connectivity index (χ4v) is 4.08. The molecule has 5 nitrogen and oxygen atoms in total. The van der Waals surface area contributed by atoms with Crippen molar-refractivity contribution in [2.24, 2.45) is 5.41 Å². The van der Waals surface area contributed by atoms with Crippen LogP contribution in [0.15, 0.2) is 29.2 Å². The Kier molecular flexibility index (Phi) is 5.84. The molecule has 1 aromatic rings. The third kappa shape index (κ3) is 5.01. The first-order valence-electron chi connectivity index (χ1n) is 8.17. The van der Waals surface area contributed by atoms with Crippen molar-refractivity contribution in [2.75, 3.05) is 27.2 Å². The second kappa shape index (κ2) is 7.30. The summed E-state index contributed by atoms with van der Waals surface area (Å²) in [6.07, 6.45) is 2.26. The Labute approximate surface area is 140 Å². The maximum absolute atomic E-state index is 12.5. The highest BCUT2D eigenvalue weighted by Gasteiger charge is 2.32. The van der Waals surface area contributed by atoms with Crippen molar-refractivity contribution in [3.05, 3.63) is 29.8 Å². The van der Waals surface area contributed by atoms with E-state index < -0.39 is 10.0 Å². The third-order valence-electron chi connectivity index (χ3n) is 4.54. The van der Waals surface area contributed by atoms with E-state index >= 15 is 0 Å². The zero-order valence-corrected chi connectivity index (χ0v) is 15.4. The Morgan fingerprint density at radius 3 is 2.48 bits per heavy atom. The topological polar surface area (TPSA) is 61.4 Å². The number of benzene rings is 1. The Morgan fingerprint density at radius 1 is 1.26 bits per heavy atom. The highest BCUT2D eigenvalue weighted by atomic mass is 32.2. The molecule has 0 aromatic heterocycles. The van der Waals surface area contributed by atoms with E-state index in [0.29, 0.717) is 11.4 Å². The first-order chi connectivity index (χ1) is 10.7. The number of nitrogens with zero attached hydrogens (tertiary/aromatic N) is 1. The zero-order valence-electron chi connectivity index (χ0n) is 14.6. The van der Waals surface area contributed by atoms with Crippen LogP contribution in [0.5, 0.6) is 0 Å². The van der Waals surface area contributed by atoms with Crippen LogP contribution in [0.3, 0.4) is 0 Å². The van der Waals surface area contributed by atoms with E-state index in [9.17, 15) is 8.42 Å². The van der Waals surface area contributed by atoms with Crippen LogP contribution in [0.4, 0.5) is 0 Å². The Morgan fingerprint density at radius 2 is 1.91 bits per heavy atom. The lowest BCUT2D eigenvalue weighted by Crippen LogP contribution is -2.52. The van der Waals surface area contributed by atoms with Crippen LogP contribution in [0.1, 0.15) is 32.3 Å². The van der Waals surface area contributed by atoms with Crippen molar-refractivity contribution in [1.29, 1.82) is 0 Å². The van der Waals surface area contributed by atoms with Crippen molar-refractivity contribution in [2.45, 2.75) is 44.2 Å². The van der Waals surface area contributed by atoms with Gasteiger partial charge in [-0.3, -0.25) is 0 Å². The largest absolute Gasteiger partial charge is 0.312 e. The summed E-state index contributed by atoms with van der Waals surface area (Å²) in [5.74, 6) is 0. The van der Waals surface area contributed by atoms with E-state index in [0.717, 1.165) is 31.5 Å². The molecule has 2 N–H and O–H groups in total. The molecule has 1 atom stereocenters. The highest BCUT2D eigenvalue weighted by molar-refractivity contribution is 7.89. The van der Waals surface area contributed by atoms with Crippen molar-refractivity contribution in [3.8, 4) is 0 Å². The summed E-state index contributed by atoms with van der Waals surface area (Å²) < 4.78 is 27.7. The molecule has 2 rings (SSSR count). The van der Waals surface area contributed by atoms with Gasteiger partial charge >= 0.3 is 0 Å². The Bertz CT molecular complexity index is 609. The van der Waals surface area contributed by atoms with Crippen LogP contribution >= 0.6 is 0 Å². The maximum atomic E-state index is 12.5. The molecule has 1 heterocycles. The van der Waals surface area contributed by atoms with E-state index in [4.69, 9.17) is 0 Å². The number of nitrogens with one attached hydrogen (secondary N) is 2. The summed E-state index contributed by atoms with van der Waals surface area (Å²) in [6.45, 7) is 6.56. The van der Waals surface area contributed by atoms with Crippen LogP contribution in [-0.2, 0) is 16.6 Å². The summed E-state index contributed by atoms with van der Waals surface area (Å²) >= 11 is 0. The number of hydrogen-bond donors (Lipinski definition) is 2. The molecule has 1 aromatic carbocycles. The fourth-order valence-electron chi connectivity index (χ4n) is 3.03. The molecule has 0 bridgehead atoms. The lowest BCUT2D eigenvalue weighted by Gasteiger charge is -2.39. The van der Waals surface area contributed by atoms with Gasteiger partial charge in [0.25, 0.3) is 0 Å². The van der Waals surface area contributed by atoms with Gasteiger partial charge in [0.1, 0.15) is 0 Å². The minimum Gasteiger partial charge on any atom is -0.312 e. The average Bonchev–Trinajstić information content (AvgIpc) is 2.45. The van der Waals surface area contributed by atoms with Gasteiger partial charge in [-0.15, -0.1) is 0 Å². The molecule has 1 unspecified atom stereocenters. The lowest BCUT2D eigenvalue weighted by molar-refractivity contribution is 0.181. The molecular weight excluding hydrogens is 310 g/mol. The quantitative estimate of drug-likeness (QED) is 0.830. The van der Waals surface area contributed by atoms with E-state index in [1.807, 2.05) is 26.2 Å². The number of hydrogen-bond acceptors (Lipinski definition) is 4. The molecule has 1 aliphatic rings. The lowest BCUT2D eigenvalue weighted by atomic mass is 9.78. The standard InChI is InChI=1S/C17H29N3O2S/c1-17(2)10-5-11-18-16(17)12-19-23(21,22)15-8-6-14(7-9-15)13-20(3)4/h6-9,16,18-19H,5,10-13H2,1-4H3. The molecule has 1 saturated heterocycles. The van der Waals surface area contributed by atoms with Crippen LogP contribution in [0.2, 0.25) is 0 Å². The Balaban J connectivity index is 2.01. The van der Waals surface area contributed by atoms with E-state index in [1.165, 1.54) is 0 Å². The minimum absolute atomic E-state index is 0.107. The first kappa shape index (κ1) is 18.4. The second-order valence-corrected chi connectivity index (χ2v) is 9.10. The van der Waals surface area contributed by atoms with E-state index in [2.05, 4.69) is 28.8 Å². The zero-order chi connectivity index (χ0) is 17.1. The summed E-state index contributed by atoms with van der Waals surface area (Å²) in [5.41, 5.74) is 1.21. The maximum Gasteiger partial charge on any atom is 0.240 e. The summed E-state index contributed by atoms with van der Waals surface area (Å²) in [4.78, 5) is 2.38. The van der Waals surface area contributed by atoms with Gasteiger partial charge in [-0.1, -0.05) is 26.0 Å².